The molecule has 5 heteroatoms. The van der Waals surface area contributed by atoms with Gasteiger partial charge in [-0.2, -0.15) is 0 Å². The fraction of sp³-hybridized carbons (Fsp3) is 0.733. The summed E-state index contributed by atoms with van der Waals surface area (Å²) in [4.78, 5) is 23.3. The summed E-state index contributed by atoms with van der Waals surface area (Å²) < 4.78 is 9.51. The fourth-order valence-electron chi connectivity index (χ4n) is 1.46. The highest BCUT2D eigenvalue weighted by molar-refractivity contribution is 5.87. The number of carbonyl (C=O) groups excluding carboxylic acids is 2. The Morgan fingerprint density at radius 1 is 1.35 bits per heavy atom. The zero-order valence-corrected chi connectivity index (χ0v) is 12.8. The van der Waals surface area contributed by atoms with E-state index < -0.39 is 24.0 Å². The summed E-state index contributed by atoms with van der Waals surface area (Å²) >= 11 is 0. The monoisotopic (exact) mass is 286 g/mol. The molecule has 0 bridgehead atoms. The predicted octanol–water partition coefficient (Wildman–Crippen LogP) is 2.23. The third-order valence-corrected chi connectivity index (χ3v) is 2.73. The predicted molar refractivity (Wildman–Crippen MR) is 76.0 cm³/mol. The van der Waals surface area contributed by atoms with Crippen molar-refractivity contribution < 1.29 is 24.2 Å². The lowest BCUT2D eigenvalue weighted by molar-refractivity contribution is -0.166. The zero-order chi connectivity index (χ0) is 15.6. The quantitative estimate of drug-likeness (QED) is 0.400. The van der Waals surface area contributed by atoms with E-state index in [1.54, 1.807) is 6.08 Å². The second-order valence-corrected chi connectivity index (χ2v) is 5.20. The summed E-state index contributed by atoms with van der Waals surface area (Å²) in [6.45, 7) is 6.24. The van der Waals surface area contributed by atoms with Crippen molar-refractivity contribution in [1.29, 1.82) is 0 Å². The Morgan fingerprint density at radius 2 is 2.00 bits per heavy atom. The number of hydrogen-bond acceptors (Lipinski definition) is 5. The topological polar surface area (TPSA) is 72.8 Å². The summed E-state index contributed by atoms with van der Waals surface area (Å²) in [6.07, 6.45) is 4.88. The van der Waals surface area contributed by atoms with Gasteiger partial charge in [0.25, 0.3) is 0 Å². The molecule has 20 heavy (non-hydrogen) atoms. The van der Waals surface area contributed by atoms with Crippen molar-refractivity contribution in [2.45, 2.75) is 52.1 Å². The van der Waals surface area contributed by atoms with E-state index in [2.05, 4.69) is 4.74 Å². The van der Waals surface area contributed by atoms with Gasteiger partial charge in [0.1, 0.15) is 0 Å². The molecule has 0 radical (unpaired) electrons. The van der Waals surface area contributed by atoms with Gasteiger partial charge in [0, 0.05) is 0 Å². The van der Waals surface area contributed by atoms with Crippen LogP contribution in [0.3, 0.4) is 0 Å². The van der Waals surface area contributed by atoms with E-state index >= 15 is 0 Å². The first kappa shape index (κ1) is 18.6. The van der Waals surface area contributed by atoms with Gasteiger partial charge in [-0.3, -0.25) is 4.79 Å². The summed E-state index contributed by atoms with van der Waals surface area (Å²) in [5, 5.41) is 10.3. The van der Waals surface area contributed by atoms with Crippen molar-refractivity contribution >= 4 is 11.9 Å². The second-order valence-electron chi connectivity index (χ2n) is 5.20. The zero-order valence-electron chi connectivity index (χ0n) is 12.8. The first-order valence-electron chi connectivity index (χ1n) is 6.99. The average molecular weight is 286 g/mol. The lowest BCUT2D eigenvalue weighted by Gasteiger charge is -2.21. The van der Waals surface area contributed by atoms with Crippen LogP contribution in [0.4, 0.5) is 0 Å². The number of allylic oxidation sites excluding steroid dienone is 1. The number of hydrogen-bond donors (Lipinski definition) is 1. The Balaban J connectivity index is 4.79. The standard InChI is InChI=1S/C15H26O5/c1-5-6-10-20-14(17)15(18,11-13(16)19-4)9-7-8-12(2)3/h7,9,12,18H,5-6,8,10-11H2,1-4H3. The Hall–Kier alpha value is -1.36. The minimum atomic E-state index is -1.95. The Morgan fingerprint density at radius 3 is 2.50 bits per heavy atom. The molecule has 0 aliphatic heterocycles. The van der Waals surface area contributed by atoms with E-state index in [-0.39, 0.29) is 6.61 Å². The van der Waals surface area contributed by atoms with Crippen LogP contribution in [0.25, 0.3) is 0 Å². The van der Waals surface area contributed by atoms with Crippen molar-refractivity contribution in [3.8, 4) is 0 Å². The van der Waals surface area contributed by atoms with Crippen LogP contribution in [0.1, 0.15) is 46.5 Å². The molecule has 0 heterocycles. The second kappa shape index (κ2) is 9.53. The van der Waals surface area contributed by atoms with Crippen LogP contribution in [0.2, 0.25) is 0 Å². The Bertz CT molecular complexity index is 335. The Labute approximate surface area is 121 Å². The molecule has 0 rings (SSSR count). The van der Waals surface area contributed by atoms with Crippen LogP contribution in [0.5, 0.6) is 0 Å². The van der Waals surface area contributed by atoms with E-state index in [0.29, 0.717) is 12.3 Å². The van der Waals surface area contributed by atoms with E-state index in [4.69, 9.17) is 4.74 Å². The molecule has 1 N–H and O–H groups in total. The lowest BCUT2D eigenvalue weighted by atomic mass is 9.97. The van der Waals surface area contributed by atoms with E-state index in [1.165, 1.54) is 13.2 Å². The third-order valence-electron chi connectivity index (χ3n) is 2.73. The molecule has 0 amide bonds. The minimum absolute atomic E-state index is 0.233. The fourth-order valence-corrected chi connectivity index (χ4v) is 1.46. The molecule has 0 saturated carbocycles. The van der Waals surface area contributed by atoms with Crippen molar-refractivity contribution in [2.75, 3.05) is 13.7 Å². The maximum Gasteiger partial charge on any atom is 0.342 e. The Kier molecular flexibility index (Phi) is 8.88. The van der Waals surface area contributed by atoms with Gasteiger partial charge in [0.2, 0.25) is 0 Å². The highest BCUT2D eigenvalue weighted by Crippen LogP contribution is 2.17. The first-order valence-corrected chi connectivity index (χ1v) is 6.99. The van der Waals surface area contributed by atoms with Crippen molar-refractivity contribution in [2.24, 2.45) is 5.92 Å². The van der Waals surface area contributed by atoms with E-state index in [9.17, 15) is 14.7 Å². The van der Waals surface area contributed by atoms with E-state index in [1.807, 2.05) is 20.8 Å². The molecule has 0 aromatic rings. The molecule has 0 fully saturated rings. The van der Waals surface area contributed by atoms with Gasteiger partial charge in [-0.05, 0) is 24.8 Å². The van der Waals surface area contributed by atoms with Gasteiger partial charge < -0.3 is 14.6 Å². The van der Waals surface area contributed by atoms with E-state index in [0.717, 1.165) is 12.8 Å². The molecular formula is C15H26O5. The number of carbonyl (C=O) groups is 2. The minimum Gasteiger partial charge on any atom is -0.469 e. The summed E-state index contributed by atoms with van der Waals surface area (Å²) in [5.74, 6) is -1.07. The highest BCUT2D eigenvalue weighted by atomic mass is 16.6. The molecule has 1 unspecified atom stereocenters. The van der Waals surface area contributed by atoms with Gasteiger partial charge in [-0.1, -0.05) is 33.3 Å². The maximum absolute atomic E-state index is 11.9. The van der Waals surface area contributed by atoms with Crippen LogP contribution < -0.4 is 0 Å². The van der Waals surface area contributed by atoms with Crippen LogP contribution in [0, 0.1) is 5.92 Å². The van der Waals surface area contributed by atoms with Gasteiger partial charge in [-0.25, -0.2) is 4.79 Å². The van der Waals surface area contributed by atoms with Crippen LogP contribution in [0.15, 0.2) is 12.2 Å². The van der Waals surface area contributed by atoms with Crippen LogP contribution in [-0.2, 0) is 19.1 Å². The average Bonchev–Trinajstić information content (AvgIpc) is 2.38. The summed E-state index contributed by atoms with van der Waals surface area (Å²) in [5.41, 5.74) is -1.95. The molecule has 0 aromatic heterocycles. The molecular weight excluding hydrogens is 260 g/mol. The number of ether oxygens (including phenoxy) is 2. The number of esters is 2. The van der Waals surface area contributed by atoms with Crippen molar-refractivity contribution in [1.82, 2.24) is 0 Å². The van der Waals surface area contributed by atoms with Crippen LogP contribution >= 0.6 is 0 Å². The molecule has 0 saturated heterocycles. The maximum atomic E-state index is 11.9. The van der Waals surface area contributed by atoms with Gasteiger partial charge in [0.15, 0.2) is 5.60 Å². The summed E-state index contributed by atoms with van der Waals surface area (Å²) in [6, 6.07) is 0. The largest absolute Gasteiger partial charge is 0.469 e. The number of methoxy groups -OCH3 is 1. The number of aliphatic hydroxyl groups is 1. The van der Waals surface area contributed by atoms with Gasteiger partial charge in [-0.15, -0.1) is 0 Å². The normalized spacial score (nSPS) is 14.3. The van der Waals surface area contributed by atoms with Crippen molar-refractivity contribution in [3.63, 3.8) is 0 Å². The summed E-state index contributed by atoms with van der Waals surface area (Å²) in [7, 11) is 1.21. The molecule has 0 aliphatic rings. The number of rotatable bonds is 9. The SMILES string of the molecule is CCCCOC(=O)C(O)(C=CCC(C)C)CC(=O)OC. The van der Waals surface area contributed by atoms with Gasteiger partial charge in [0.05, 0.1) is 20.1 Å². The van der Waals surface area contributed by atoms with Crippen molar-refractivity contribution in [3.05, 3.63) is 12.2 Å². The smallest absolute Gasteiger partial charge is 0.342 e. The van der Waals surface area contributed by atoms with Crippen LogP contribution in [-0.4, -0.2) is 36.4 Å². The first-order chi connectivity index (χ1) is 9.35. The molecule has 5 nitrogen and oxygen atoms in total. The van der Waals surface area contributed by atoms with Gasteiger partial charge >= 0.3 is 11.9 Å². The molecule has 0 aliphatic carbocycles. The molecule has 1 atom stereocenters. The number of unbranched alkanes of at least 4 members (excludes halogenated alkanes) is 1. The molecule has 0 aromatic carbocycles. The third kappa shape index (κ3) is 7.28. The molecule has 0 spiro atoms. The highest BCUT2D eigenvalue weighted by Gasteiger charge is 2.37. The molecule has 116 valence electrons. The lowest BCUT2D eigenvalue weighted by Crippen LogP contribution is -2.40.